The lowest BCUT2D eigenvalue weighted by atomic mass is 10.1. The van der Waals surface area contributed by atoms with Gasteiger partial charge in [0.2, 0.25) is 15.9 Å². The maximum Gasteiger partial charge on any atom is 0.248 e. The van der Waals surface area contributed by atoms with Crippen LogP contribution < -0.4 is 10.5 Å². The molecule has 2 aromatic carbocycles. The molecule has 7 heteroatoms. The van der Waals surface area contributed by atoms with Crippen molar-refractivity contribution in [2.45, 2.75) is 18.4 Å². The van der Waals surface area contributed by atoms with Crippen LogP contribution >= 0.6 is 0 Å². The Kier molecular flexibility index (Phi) is 5.26. The summed E-state index contributed by atoms with van der Waals surface area (Å²) < 4.78 is 31.8. The topological polar surface area (TPSA) is 89.7 Å². The summed E-state index contributed by atoms with van der Waals surface area (Å²) in [7, 11) is -0.689. The number of nitrogens with two attached hydrogens (primary N) is 1. The zero-order valence-electron chi connectivity index (χ0n) is 13.8. The normalized spacial score (nSPS) is 11.5. The van der Waals surface area contributed by atoms with E-state index in [1.807, 2.05) is 6.92 Å². The lowest BCUT2D eigenvalue weighted by molar-refractivity contribution is 0.1000. The lowest BCUT2D eigenvalue weighted by Crippen LogP contribution is -2.27. The second-order valence-corrected chi connectivity index (χ2v) is 7.51. The summed E-state index contributed by atoms with van der Waals surface area (Å²) in [6, 6.07) is 11.3. The molecule has 6 nitrogen and oxygen atoms in total. The van der Waals surface area contributed by atoms with Gasteiger partial charge < -0.3 is 10.5 Å². The van der Waals surface area contributed by atoms with Crippen LogP contribution in [0.15, 0.2) is 47.4 Å². The molecule has 0 heterocycles. The van der Waals surface area contributed by atoms with Gasteiger partial charge in [-0.3, -0.25) is 4.79 Å². The van der Waals surface area contributed by atoms with Crippen molar-refractivity contribution in [3.63, 3.8) is 0 Å². The Labute approximate surface area is 141 Å². The number of primary amides is 1. The van der Waals surface area contributed by atoms with E-state index >= 15 is 0 Å². The molecule has 0 spiro atoms. The van der Waals surface area contributed by atoms with E-state index < -0.39 is 15.9 Å². The van der Waals surface area contributed by atoms with Crippen molar-refractivity contribution < 1.29 is 17.9 Å². The zero-order valence-corrected chi connectivity index (χ0v) is 14.6. The molecule has 0 unspecified atom stereocenters. The molecule has 2 N–H and O–H groups in total. The van der Waals surface area contributed by atoms with Gasteiger partial charge in [-0.15, -0.1) is 0 Å². The molecule has 128 valence electrons. The first-order chi connectivity index (χ1) is 11.3. The third kappa shape index (κ3) is 3.74. The summed E-state index contributed by atoms with van der Waals surface area (Å²) in [5.74, 6) is -0.0890. The number of hydrogen-bond donors (Lipinski definition) is 1. The number of aryl methyl sites for hydroxylation is 1. The fourth-order valence-corrected chi connectivity index (χ4v) is 3.42. The predicted octanol–water partition coefficient (Wildman–Crippen LogP) is 1.92. The van der Waals surface area contributed by atoms with Crippen molar-refractivity contribution in [3.8, 4) is 5.75 Å². The summed E-state index contributed by atoms with van der Waals surface area (Å²) in [5.41, 5.74) is 7.12. The highest BCUT2D eigenvalue weighted by Gasteiger charge is 2.22. The molecular formula is C17H20N2O4S. The summed E-state index contributed by atoms with van der Waals surface area (Å²) in [6.07, 6.45) is 0. The molecule has 0 saturated carbocycles. The molecule has 1 amide bonds. The monoisotopic (exact) mass is 348 g/mol. The van der Waals surface area contributed by atoms with Crippen LogP contribution in [0, 0.1) is 6.92 Å². The van der Waals surface area contributed by atoms with Crippen molar-refractivity contribution in [1.29, 1.82) is 0 Å². The Bertz CT molecular complexity index is 845. The Morgan fingerprint density at radius 3 is 2.33 bits per heavy atom. The van der Waals surface area contributed by atoms with Gasteiger partial charge in [-0.25, -0.2) is 8.42 Å². The molecule has 0 bridgehead atoms. The summed E-state index contributed by atoms with van der Waals surface area (Å²) in [4.78, 5) is 11.5. The second-order valence-electron chi connectivity index (χ2n) is 5.47. The molecule has 0 atom stereocenters. The van der Waals surface area contributed by atoms with Crippen molar-refractivity contribution >= 4 is 15.9 Å². The highest BCUT2D eigenvalue weighted by atomic mass is 32.2. The maximum atomic E-state index is 12.7. The molecular weight excluding hydrogens is 328 g/mol. The fourth-order valence-electron chi connectivity index (χ4n) is 2.27. The SMILES string of the molecule is COc1ccc(C(N)=O)cc1CN(C)S(=O)(=O)c1ccc(C)cc1. The van der Waals surface area contributed by atoms with Crippen molar-refractivity contribution in [3.05, 3.63) is 59.2 Å². The number of rotatable bonds is 6. The number of ether oxygens (including phenoxy) is 1. The van der Waals surface area contributed by atoms with Gasteiger partial charge in [-0.05, 0) is 37.3 Å². The van der Waals surface area contributed by atoms with Crippen LogP contribution in [0.2, 0.25) is 0 Å². The Balaban J connectivity index is 2.34. The molecule has 0 aliphatic carbocycles. The summed E-state index contributed by atoms with van der Waals surface area (Å²) in [5, 5.41) is 0. The van der Waals surface area contributed by atoms with Gasteiger partial charge in [0.25, 0.3) is 0 Å². The van der Waals surface area contributed by atoms with Gasteiger partial charge in [0.1, 0.15) is 5.75 Å². The first-order valence-electron chi connectivity index (χ1n) is 7.25. The number of sulfonamides is 1. The van der Waals surface area contributed by atoms with Gasteiger partial charge in [-0.2, -0.15) is 4.31 Å². The Hall–Kier alpha value is -2.38. The van der Waals surface area contributed by atoms with E-state index in [4.69, 9.17) is 10.5 Å². The largest absolute Gasteiger partial charge is 0.496 e. The highest BCUT2D eigenvalue weighted by Crippen LogP contribution is 2.24. The van der Waals surface area contributed by atoms with Gasteiger partial charge in [0, 0.05) is 24.7 Å². The van der Waals surface area contributed by atoms with Crippen molar-refractivity contribution in [1.82, 2.24) is 4.31 Å². The molecule has 2 aromatic rings. The van der Waals surface area contributed by atoms with E-state index in [2.05, 4.69) is 0 Å². The van der Waals surface area contributed by atoms with Gasteiger partial charge >= 0.3 is 0 Å². The Morgan fingerprint density at radius 1 is 1.17 bits per heavy atom. The van der Waals surface area contributed by atoms with Crippen LogP contribution in [0.3, 0.4) is 0 Å². The first-order valence-corrected chi connectivity index (χ1v) is 8.69. The first kappa shape index (κ1) is 18.0. The highest BCUT2D eigenvalue weighted by molar-refractivity contribution is 7.89. The summed E-state index contributed by atoms with van der Waals surface area (Å²) in [6.45, 7) is 1.95. The van der Waals surface area contributed by atoms with Crippen LogP contribution in [0.5, 0.6) is 5.75 Å². The zero-order chi connectivity index (χ0) is 17.9. The smallest absolute Gasteiger partial charge is 0.248 e. The van der Waals surface area contributed by atoms with Crippen LogP contribution in [0.4, 0.5) is 0 Å². The van der Waals surface area contributed by atoms with Gasteiger partial charge in [-0.1, -0.05) is 17.7 Å². The predicted molar refractivity (Wildman–Crippen MR) is 91.3 cm³/mol. The minimum atomic E-state index is -3.65. The molecule has 2 rings (SSSR count). The summed E-state index contributed by atoms with van der Waals surface area (Å²) >= 11 is 0. The average molecular weight is 348 g/mol. The van der Waals surface area contributed by atoms with E-state index in [9.17, 15) is 13.2 Å². The van der Waals surface area contributed by atoms with E-state index in [0.29, 0.717) is 16.9 Å². The van der Waals surface area contributed by atoms with Crippen LogP contribution in [0.1, 0.15) is 21.5 Å². The number of methoxy groups -OCH3 is 1. The molecule has 0 radical (unpaired) electrons. The molecule has 0 saturated heterocycles. The van der Waals surface area contributed by atoms with E-state index in [1.165, 1.54) is 18.5 Å². The van der Waals surface area contributed by atoms with Crippen LogP contribution in [-0.2, 0) is 16.6 Å². The second kappa shape index (κ2) is 7.02. The number of hydrogen-bond acceptors (Lipinski definition) is 4. The van der Waals surface area contributed by atoms with Crippen LogP contribution in [0.25, 0.3) is 0 Å². The van der Waals surface area contributed by atoms with E-state index in [-0.39, 0.29) is 11.4 Å². The number of nitrogens with zero attached hydrogens (tertiary/aromatic N) is 1. The minimum Gasteiger partial charge on any atom is -0.496 e. The lowest BCUT2D eigenvalue weighted by Gasteiger charge is -2.19. The van der Waals surface area contributed by atoms with E-state index in [0.717, 1.165) is 5.56 Å². The maximum absolute atomic E-state index is 12.7. The van der Waals surface area contributed by atoms with Gasteiger partial charge in [0.05, 0.1) is 12.0 Å². The number of carbonyl (C=O) groups excluding carboxylic acids is 1. The standard InChI is InChI=1S/C17H20N2O4S/c1-12-4-7-15(8-5-12)24(21,22)19(2)11-14-10-13(17(18)20)6-9-16(14)23-3/h4-10H,11H2,1-3H3,(H2,18,20). The van der Waals surface area contributed by atoms with Gasteiger partial charge in [0.15, 0.2) is 0 Å². The van der Waals surface area contributed by atoms with Crippen molar-refractivity contribution in [2.24, 2.45) is 5.73 Å². The molecule has 0 fully saturated rings. The average Bonchev–Trinajstić information content (AvgIpc) is 2.55. The molecule has 0 aromatic heterocycles. The number of carbonyl (C=O) groups is 1. The Morgan fingerprint density at radius 2 is 1.79 bits per heavy atom. The third-order valence-corrected chi connectivity index (χ3v) is 5.50. The van der Waals surface area contributed by atoms with Crippen LogP contribution in [-0.4, -0.2) is 32.8 Å². The molecule has 0 aliphatic heterocycles. The molecule has 0 aliphatic rings. The minimum absolute atomic E-state index is 0.0561. The van der Waals surface area contributed by atoms with Crippen molar-refractivity contribution in [2.75, 3.05) is 14.2 Å². The van der Waals surface area contributed by atoms with E-state index in [1.54, 1.807) is 42.5 Å². The number of amides is 1. The quantitative estimate of drug-likeness (QED) is 0.864. The molecule has 24 heavy (non-hydrogen) atoms. The third-order valence-electron chi connectivity index (χ3n) is 3.69. The number of benzene rings is 2. The fraction of sp³-hybridized carbons (Fsp3) is 0.235.